The normalized spacial score (nSPS) is 13.5. The minimum absolute atomic E-state index is 0.0102. The van der Waals surface area contributed by atoms with E-state index in [4.69, 9.17) is 9.26 Å². The average molecular weight is 401 g/mol. The van der Waals surface area contributed by atoms with Gasteiger partial charge in [0.15, 0.2) is 6.61 Å². The molecule has 1 aliphatic heterocycles. The van der Waals surface area contributed by atoms with E-state index in [1.54, 1.807) is 4.90 Å². The summed E-state index contributed by atoms with van der Waals surface area (Å²) < 4.78 is 10.3. The van der Waals surface area contributed by atoms with Crippen molar-refractivity contribution in [2.45, 2.75) is 17.9 Å². The number of para-hydroxylation sites is 1. The molecule has 27 heavy (non-hydrogen) atoms. The molecule has 0 spiro atoms. The van der Waals surface area contributed by atoms with E-state index in [0.717, 1.165) is 15.5 Å². The summed E-state index contributed by atoms with van der Waals surface area (Å²) in [7, 11) is 0. The van der Waals surface area contributed by atoms with Gasteiger partial charge >= 0.3 is 5.97 Å². The van der Waals surface area contributed by atoms with Crippen LogP contribution in [0.4, 0.5) is 5.69 Å². The van der Waals surface area contributed by atoms with Crippen LogP contribution >= 0.6 is 23.1 Å². The molecular formula is C18H15N3O4S2. The van der Waals surface area contributed by atoms with Crippen molar-refractivity contribution < 1.29 is 18.8 Å². The van der Waals surface area contributed by atoms with Crippen LogP contribution in [0.3, 0.4) is 0 Å². The van der Waals surface area contributed by atoms with Crippen LogP contribution < -0.4 is 4.90 Å². The molecule has 4 rings (SSSR count). The van der Waals surface area contributed by atoms with Gasteiger partial charge < -0.3 is 14.2 Å². The van der Waals surface area contributed by atoms with Crippen molar-refractivity contribution in [3.05, 3.63) is 47.7 Å². The van der Waals surface area contributed by atoms with E-state index >= 15 is 0 Å². The Hall–Kier alpha value is -2.65. The Kier molecular flexibility index (Phi) is 5.21. The zero-order chi connectivity index (χ0) is 18.6. The molecule has 2 aromatic heterocycles. The molecule has 0 atom stereocenters. The number of benzene rings is 1. The average Bonchev–Trinajstić information content (AvgIpc) is 3.37. The fourth-order valence-electron chi connectivity index (χ4n) is 2.64. The van der Waals surface area contributed by atoms with Gasteiger partial charge in [0.2, 0.25) is 11.7 Å². The summed E-state index contributed by atoms with van der Waals surface area (Å²) in [6.07, 6.45) is 0.0939. The van der Waals surface area contributed by atoms with Crippen LogP contribution in [0.1, 0.15) is 12.3 Å². The lowest BCUT2D eigenvalue weighted by atomic mass is 10.2. The molecular weight excluding hydrogens is 386 g/mol. The molecule has 9 heteroatoms. The monoisotopic (exact) mass is 401 g/mol. The SMILES string of the molecule is O=C(CCN1C(=O)CSc2ccccc21)OCc1nc(-c2cccs2)no1. The van der Waals surface area contributed by atoms with Crippen LogP contribution in [0, 0.1) is 0 Å². The van der Waals surface area contributed by atoms with Gasteiger partial charge in [-0.05, 0) is 23.6 Å². The van der Waals surface area contributed by atoms with E-state index < -0.39 is 5.97 Å². The lowest BCUT2D eigenvalue weighted by Crippen LogP contribution is -2.37. The van der Waals surface area contributed by atoms with Gasteiger partial charge in [-0.15, -0.1) is 23.1 Å². The Balaban J connectivity index is 1.31. The number of nitrogens with zero attached hydrogens (tertiary/aromatic N) is 3. The fourth-order valence-corrected chi connectivity index (χ4v) is 4.22. The first kappa shape index (κ1) is 17.7. The van der Waals surface area contributed by atoms with Crippen LogP contribution in [-0.4, -0.2) is 34.3 Å². The highest BCUT2D eigenvalue weighted by Crippen LogP contribution is 2.34. The molecule has 0 N–H and O–H groups in total. The maximum absolute atomic E-state index is 12.2. The van der Waals surface area contributed by atoms with Gasteiger partial charge in [0.05, 0.1) is 22.7 Å². The molecule has 0 unspecified atom stereocenters. The zero-order valence-corrected chi connectivity index (χ0v) is 15.8. The first-order valence-electron chi connectivity index (χ1n) is 8.25. The highest BCUT2D eigenvalue weighted by Gasteiger charge is 2.25. The summed E-state index contributed by atoms with van der Waals surface area (Å²) >= 11 is 3.01. The molecule has 0 fully saturated rings. The molecule has 1 aromatic carbocycles. The van der Waals surface area contributed by atoms with E-state index in [2.05, 4.69) is 10.1 Å². The second-order valence-electron chi connectivity index (χ2n) is 5.70. The quantitative estimate of drug-likeness (QED) is 0.585. The van der Waals surface area contributed by atoms with Crippen LogP contribution in [0.25, 0.3) is 10.7 Å². The summed E-state index contributed by atoms with van der Waals surface area (Å²) in [5, 5.41) is 5.79. The predicted molar refractivity (Wildman–Crippen MR) is 102 cm³/mol. The number of carbonyl (C=O) groups is 2. The molecule has 1 amide bonds. The molecule has 0 radical (unpaired) electrons. The topological polar surface area (TPSA) is 85.5 Å². The second kappa shape index (κ2) is 7.93. The van der Waals surface area contributed by atoms with Crippen molar-refractivity contribution in [3.8, 4) is 10.7 Å². The number of hydrogen-bond donors (Lipinski definition) is 0. The van der Waals surface area contributed by atoms with Gasteiger partial charge in [-0.25, -0.2) is 0 Å². The summed E-state index contributed by atoms with van der Waals surface area (Å²) in [5.41, 5.74) is 0.837. The van der Waals surface area contributed by atoms with Crippen LogP contribution in [0.15, 0.2) is 51.2 Å². The lowest BCUT2D eigenvalue weighted by molar-refractivity contribution is -0.145. The summed E-state index contributed by atoms with van der Waals surface area (Å²) in [6.45, 7) is 0.192. The Morgan fingerprint density at radius 2 is 2.15 bits per heavy atom. The Labute approximate surface area is 163 Å². The third-order valence-corrected chi connectivity index (χ3v) is 5.83. The first-order valence-corrected chi connectivity index (χ1v) is 10.1. The summed E-state index contributed by atoms with van der Waals surface area (Å²) in [5.74, 6) is 0.657. The number of fused-ring (bicyclic) bond motifs is 1. The zero-order valence-electron chi connectivity index (χ0n) is 14.2. The second-order valence-corrected chi connectivity index (χ2v) is 7.67. The van der Waals surface area contributed by atoms with E-state index in [1.165, 1.54) is 23.1 Å². The molecule has 0 saturated carbocycles. The number of amides is 1. The van der Waals surface area contributed by atoms with E-state index in [-0.39, 0.29) is 31.4 Å². The Bertz CT molecular complexity index is 955. The molecule has 7 nitrogen and oxygen atoms in total. The van der Waals surface area contributed by atoms with E-state index in [9.17, 15) is 9.59 Å². The number of thioether (sulfide) groups is 1. The van der Waals surface area contributed by atoms with Crippen molar-refractivity contribution >= 4 is 40.7 Å². The van der Waals surface area contributed by atoms with E-state index in [1.807, 2.05) is 41.8 Å². The number of anilines is 1. The van der Waals surface area contributed by atoms with Gasteiger partial charge in [0, 0.05) is 11.4 Å². The number of aromatic nitrogens is 2. The minimum atomic E-state index is -0.422. The van der Waals surface area contributed by atoms with Crippen molar-refractivity contribution in [1.82, 2.24) is 10.1 Å². The number of esters is 1. The van der Waals surface area contributed by atoms with Crippen LogP contribution in [0.5, 0.6) is 0 Å². The van der Waals surface area contributed by atoms with Gasteiger partial charge in [-0.2, -0.15) is 4.98 Å². The van der Waals surface area contributed by atoms with Crippen molar-refractivity contribution in [1.29, 1.82) is 0 Å². The van der Waals surface area contributed by atoms with Gasteiger partial charge in [-0.1, -0.05) is 23.4 Å². The third kappa shape index (κ3) is 4.04. The molecule has 1 aliphatic rings. The molecule has 3 heterocycles. The van der Waals surface area contributed by atoms with Crippen LogP contribution in [0.2, 0.25) is 0 Å². The van der Waals surface area contributed by atoms with E-state index in [0.29, 0.717) is 11.6 Å². The lowest BCUT2D eigenvalue weighted by Gasteiger charge is -2.28. The smallest absolute Gasteiger partial charge is 0.308 e. The van der Waals surface area contributed by atoms with Crippen molar-refractivity contribution in [2.75, 3.05) is 17.2 Å². The molecule has 138 valence electrons. The number of ether oxygens (including phenoxy) is 1. The highest BCUT2D eigenvalue weighted by atomic mass is 32.2. The Morgan fingerprint density at radius 1 is 1.26 bits per heavy atom. The van der Waals surface area contributed by atoms with Gasteiger partial charge in [-0.3, -0.25) is 9.59 Å². The van der Waals surface area contributed by atoms with Crippen molar-refractivity contribution in [2.24, 2.45) is 0 Å². The molecule has 0 bridgehead atoms. The standard InChI is InChI=1S/C18H15N3O4S2/c22-16-11-27-13-5-2-1-4-12(13)21(16)8-7-17(23)24-10-15-19-18(20-25-15)14-6-3-9-26-14/h1-6,9H,7-8,10-11H2. The number of carbonyl (C=O) groups excluding carboxylic acids is 2. The first-order chi connectivity index (χ1) is 13.2. The predicted octanol–water partition coefficient (Wildman–Crippen LogP) is 3.37. The number of thiophene rings is 1. The minimum Gasteiger partial charge on any atom is -0.456 e. The summed E-state index contributed by atoms with van der Waals surface area (Å²) in [6, 6.07) is 11.5. The number of hydrogen-bond acceptors (Lipinski definition) is 8. The molecule has 3 aromatic rings. The van der Waals surface area contributed by atoms with Gasteiger partial charge in [0.1, 0.15) is 0 Å². The molecule has 0 aliphatic carbocycles. The highest BCUT2D eigenvalue weighted by molar-refractivity contribution is 8.00. The fraction of sp³-hybridized carbons (Fsp3) is 0.222. The largest absolute Gasteiger partial charge is 0.456 e. The Morgan fingerprint density at radius 3 is 3.00 bits per heavy atom. The maximum Gasteiger partial charge on any atom is 0.308 e. The third-order valence-electron chi connectivity index (χ3n) is 3.91. The number of rotatable bonds is 6. The summed E-state index contributed by atoms with van der Waals surface area (Å²) in [4.78, 5) is 32.0. The molecule has 0 saturated heterocycles. The van der Waals surface area contributed by atoms with Gasteiger partial charge in [0.25, 0.3) is 5.89 Å². The maximum atomic E-state index is 12.2. The van der Waals surface area contributed by atoms with Crippen LogP contribution in [-0.2, 0) is 20.9 Å². The van der Waals surface area contributed by atoms with Crippen molar-refractivity contribution in [3.63, 3.8) is 0 Å².